The summed E-state index contributed by atoms with van der Waals surface area (Å²) in [4.78, 5) is 0. The van der Waals surface area contributed by atoms with Gasteiger partial charge in [0.2, 0.25) is 0 Å². The van der Waals surface area contributed by atoms with Crippen LogP contribution in [0.2, 0.25) is 0 Å². The number of hydrogen-bond donors (Lipinski definition) is 1. The van der Waals surface area contributed by atoms with Gasteiger partial charge >= 0.3 is 0 Å². The van der Waals surface area contributed by atoms with Crippen LogP contribution in [0.3, 0.4) is 0 Å². The molecule has 1 aromatic rings. The van der Waals surface area contributed by atoms with Gasteiger partial charge in [-0.25, -0.2) is 0 Å². The number of likely N-dealkylation sites (N-methyl/N-ethyl adjacent to an activating group) is 1. The Morgan fingerprint density at radius 2 is 2.27 bits per heavy atom. The average Bonchev–Trinajstić information content (AvgIpc) is 2.80. The Morgan fingerprint density at radius 1 is 1.40 bits per heavy atom. The number of ether oxygens (including phenoxy) is 1. The maximum Gasteiger partial charge on any atom is 0.0535 e. The molecule has 15 heavy (non-hydrogen) atoms. The van der Waals surface area contributed by atoms with Gasteiger partial charge in [-0.05, 0) is 37.6 Å². The lowest BCUT2D eigenvalue weighted by atomic mass is 9.92. The molecule has 2 nitrogen and oxygen atoms in total. The molecule has 0 aliphatic carbocycles. The molecule has 1 unspecified atom stereocenters. The summed E-state index contributed by atoms with van der Waals surface area (Å²) in [6, 6.07) is 8.76. The van der Waals surface area contributed by atoms with Crippen LogP contribution >= 0.6 is 0 Å². The molecule has 82 valence electrons. The van der Waals surface area contributed by atoms with Crippen LogP contribution in [-0.4, -0.2) is 26.8 Å². The standard InChI is InChI=1S/C13H19NO/c1-14-8-6-11-4-2-3-5-13(11)12-7-9-15-10-12/h2-5,12,14H,6-10H2,1H3. The third-order valence-corrected chi connectivity index (χ3v) is 3.07. The van der Waals surface area contributed by atoms with Crippen molar-refractivity contribution in [3.63, 3.8) is 0 Å². The van der Waals surface area contributed by atoms with E-state index in [0.29, 0.717) is 5.92 Å². The fourth-order valence-corrected chi connectivity index (χ4v) is 2.20. The van der Waals surface area contributed by atoms with Crippen molar-refractivity contribution in [2.75, 3.05) is 26.8 Å². The lowest BCUT2D eigenvalue weighted by Gasteiger charge is -2.13. The minimum Gasteiger partial charge on any atom is -0.381 e. The van der Waals surface area contributed by atoms with E-state index in [-0.39, 0.29) is 0 Å². The van der Waals surface area contributed by atoms with Crippen LogP contribution in [0.4, 0.5) is 0 Å². The second-order valence-corrected chi connectivity index (χ2v) is 4.11. The second-order valence-electron chi connectivity index (χ2n) is 4.11. The van der Waals surface area contributed by atoms with E-state index in [9.17, 15) is 0 Å². The quantitative estimate of drug-likeness (QED) is 0.811. The molecule has 0 spiro atoms. The summed E-state index contributed by atoms with van der Waals surface area (Å²) in [6.45, 7) is 2.87. The van der Waals surface area contributed by atoms with Crippen LogP contribution in [0.5, 0.6) is 0 Å². The summed E-state index contributed by atoms with van der Waals surface area (Å²) in [5.41, 5.74) is 2.97. The molecule has 1 aromatic carbocycles. The van der Waals surface area contributed by atoms with Gasteiger partial charge in [-0.2, -0.15) is 0 Å². The van der Waals surface area contributed by atoms with Crippen LogP contribution in [0.1, 0.15) is 23.5 Å². The third-order valence-electron chi connectivity index (χ3n) is 3.07. The zero-order valence-electron chi connectivity index (χ0n) is 9.33. The van der Waals surface area contributed by atoms with Gasteiger partial charge in [-0.3, -0.25) is 0 Å². The summed E-state index contributed by atoms with van der Waals surface area (Å²) >= 11 is 0. The molecule has 1 atom stereocenters. The summed E-state index contributed by atoms with van der Waals surface area (Å²) < 4.78 is 5.46. The third kappa shape index (κ3) is 2.58. The van der Waals surface area contributed by atoms with E-state index in [0.717, 1.165) is 26.2 Å². The Hall–Kier alpha value is -0.860. The smallest absolute Gasteiger partial charge is 0.0535 e. The highest BCUT2D eigenvalue weighted by Gasteiger charge is 2.19. The summed E-state index contributed by atoms with van der Waals surface area (Å²) in [7, 11) is 2.00. The first-order chi connectivity index (χ1) is 7.42. The van der Waals surface area contributed by atoms with E-state index in [2.05, 4.69) is 29.6 Å². The molecule has 1 N–H and O–H groups in total. The molecule has 1 fully saturated rings. The van der Waals surface area contributed by atoms with Crippen molar-refractivity contribution >= 4 is 0 Å². The van der Waals surface area contributed by atoms with Gasteiger partial charge in [0.05, 0.1) is 6.61 Å². The maximum atomic E-state index is 5.46. The highest BCUT2D eigenvalue weighted by molar-refractivity contribution is 5.31. The molecule has 0 bridgehead atoms. The van der Waals surface area contributed by atoms with Crippen molar-refractivity contribution in [2.45, 2.75) is 18.8 Å². The highest BCUT2D eigenvalue weighted by atomic mass is 16.5. The Labute approximate surface area is 91.6 Å². The van der Waals surface area contributed by atoms with E-state index < -0.39 is 0 Å². The van der Waals surface area contributed by atoms with Gasteiger partial charge in [0.1, 0.15) is 0 Å². The minimum absolute atomic E-state index is 0.623. The maximum absolute atomic E-state index is 5.46. The van der Waals surface area contributed by atoms with E-state index in [1.807, 2.05) is 7.05 Å². The Bertz CT molecular complexity index is 305. The zero-order valence-corrected chi connectivity index (χ0v) is 9.33. The van der Waals surface area contributed by atoms with E-state index in [1.54, 1.807) is 0 Å². The van der Waals surface area contributed by atoms with Crippen LogP contribution in [-0.2, 0) is 11.2 Å². The molecule has 0 saturated carbocycles. The first-order valence-corrected chi connectivity index (χ1v) is 5.72. The van der Waals surface area contributed by atoms with Crippen molar-refractivity contribution in [2.24, 2.45) is 0 Å². The van der Waals surface area contributed by atoms with Crippen LogP contribution in [0.15, 0.2) is 24.3 Å². The topological polar surface area (TPSA) is 21.3 Å². The van der Waals surface area contributed by atoms with Gasteiger partial charge in [0.25, 0.3) is 0 Å². The van der Waals surface area contributed by atoms with Gasteiger partial charge in [0.15, 0.2) is 0 Å². The fraction of sp³-hybridized carbons (Fsp3) is 0.538. The van der Waals surface area contributed by atoms with Gasteiger partial charge < -0.3 is 10.1 Å². The summed E-state index contributed by atoms with van der Waals surface area (Å²) in [6.07, 6.45) is 2.29. The van der Waals surface area contributed by atoms with E-state index in [4.69, 9.17) is 4.74 Å². The molecule has 0 aromatic heterocycles. The summed E-state index contributed by atoms with van der Waals surface area (Å²) in [5.74, 6) is 0.623. The molecular formula is C13H19NO. The van der Waals surface area contributed by atoms with Gasteiger partial charge in [-0.1, -0.05) is 24.3 Å². The predicted molar refractivity (Wildman–Crippen MR) is 62.2 cm³/mol. The van der Waals surface area contributed by atoms with Crippen molar-refractivity contribution in [3.05, 3.63) is 35.4 Å². The largest absolute Gasteiger partial charge is 0.381 e. The van der Waals surface area contributed by atoms with Crippen LogP contribution in [0, 0.1) is 0 Å². The lowest BCUT2D eigenvalue weighted by Crippen LogP contribution is -2.12. The number of benzene rings is 1. The fourth-order valence-electron chi connectivity index (χ4n) is 2.20. The van der Waals surface area contributed by atoms with Crippen molar-refractivity contribution in [1.29, 1.82) is 0 Å². The molecule has 2 heteroatoms. The minimum atomic E-state index is 0.623. The van der Waals surface area contributed by atoms with Crippen LogP contribution in [0.25, 0.3) is 0 Å². The molecular weight excluding hydrogens is 186 g/mol. The Balaban J connectivity index is 2.13. The lowest BCUT2D eigenvalue weighted by molar-refractivity contribution is 0.194. The Morgan fingerprint density at radius 3 is 3.00 bits per heavy atom. The molecule has 0 amide bonds. The van der Waals surface area contributed by atoms with Crippen molar-refractivity contribution in [3.8, 4) is 0 Å². The molecule has 1 heterocycles. The summed E-state index contributed by atoms with van der Waals surface area (Å²) in [5, 5.41) is 3.20. The monoisotopic (exact) mass is 205 g/mol. The van der Waals surface area contributed by atoms with Crippen molar-refractivity contribution in [1.82, 2.24) is 5.32 Å². The van der Waals surface area contributed by atoms with Gasteiger partial charge in [0, 0.05) is 12.5 Å². The van der Waals surface area contributed by atoms with Crippen LogP contribution < -0.4 is 5.32 Å². The number of hydrogen-bond acceptors (Lipinski definition) is 2. The average molecular weight is 205 g/mol. The normalized spacial score (nSPS) is 20.7. The molecule has 1 aliphatic rings. The molecule has 1 aliphatic heterocycles. The molecule has 0 radical (unpaired) electrons. The predicted octanol–water partition coefficient (Wildman–Crippen LogP) is 1.95. The second kappa shape index (κ2) is 5.29. The Kier molecular flexibility index (Phi) is 3.75. The highest BCUT2D eigenvalue weighted by Crippen LogP contribution is 2.27. The first kappa shape index (κ1) is 10.7. The molecule has 2 rings (SSSR count). The number of rotatable bonds is 4. The van der Waals surface area contributed by atoms with Crippen molar-refractivity contribution < 1.29 is 4.74 Å². The zero-order chi connectivity index (χ0) is 10.5. The molecule has 1 saturated heterocycles. The van der Waals surface area contributed by atoms with Gasteiger partial charge in [-0.15, -0.1) is 0 Å². The SMILES string of the molecule is CNCCc1ccccc1C1CCOC1. The number of nitrogens with one attached hydrogen (secondary N) is 1. The first-order valence-electron chi connectivity index (χ1n) is 5.72. The van der Waals surface area contributed by atoms with E-state index in [1.165, 1.54) is 17.5 Å². The van der Waals surface area contributed by atoms with E-state index >= 15 is 0 Å².